The molecule has 1 heterocycles. The highest BCUT2D eigenvalue weighted by molar-refractivity contribution is 9.10. The highest BCUT2D eigenvalue weighted by Gasteiger charge is 2.39. The maximum absolute atomic E-state index is 13.3. The molecule has 0 aromatic heterocycles. The van der Waals surface area contributed by atoms with E-state index in [1.54, 1.807) is 18.2 Å². The van der Waals surface area contributed by atoms with Crippen LogP contribution in [0.15, 0.2) is 53.0 Å². The third kappa shape index (κ3) is 2.44. The summed E-state index contributed by atoms with van der Waals surface area (Å²) in [6.07, 6.45) is 5.21. The minimum Gasteiger partial charge on any atom is -0.478 e. The average Bonchev–Trinajstić information content (AvgIpc) is 3.04. The summed E-state index contributed by atoms with van der Waals surface area (Å²) >= 11 is 3.42. The Hall–Kier alpha value is -2.14. The number of carbonyl (C=O) groups is 1. The standard InChI is InChI=1S/C19H15BrFNO2/c20-11-8-15-13-2-1-3-14(13)17(10-4-6-12(21)7-5-10)22-18(15)16(9-11)19(23)24/h1-2,4-9,13-14,17,22H,3H2,(H,23,24)/t13-,14+,17-/m1/s1. The summed E-state index contributed by atoms with van der Waals surface area (Å²) in [5, 5.41) is 13.0. The summed E-state index contributed by atoms with van der Waals surface area (Å²) < 4.78 is 14.0. The first-order valence-electron chi connectivity index (χ1n) is 7.80. The third-order valence-corrected chi connectivity index (χ3v) is 5.35. The summed E-state index contributed by atoms with van der Waals surface area (Å²) in [5.74, 6) is -0.782. The highest BCUT2D eigenvalue weighted by Crippen LogP contribution is 2.51. The van der Waals surface area contributed by atoms with E-state index >= 15 is 0 Å². The monoisotopic (exact) mass is 387 g/mol. The predicted octanol–water partition coefficient (Wildman–Crippen LogP) is 5.11. The van der Waals surface area contributed by atoms with Crippen molar-refractivity contribution in [2.45, 2.75) is 18.4 Å². The molecule has 5 heteroatoms. The first-order chi connectivity index (χ1) is 11.5. The fourth-order valence-electron chi connectivity index (χ4n) is 3.83. The van der Waals surface area contributed by atoms with Crippen LogP contribution in [0.5, 0.6) is 0 Å². The zero-order chi connectivity index (χ0) is 16.8. The lowest BCUT2D eigenvalue weighted by Gasteiger charge is -2.38. The Morgan fingerprint density at radius 1 is 1.25 bits per heavy atom. The van der Waals surface area contributed by atoms with Crippen LogP contribution >= 0.6 is 15.9 Å². The molecule has 3 atom stereocenters. The maximum Gasteiger partial charge on any atom is 0.337 e. The van der Waals surface area contributed by atoms with Gasteiger partial charge in [-0.2, -0.15) is 0 Å². The molecule has 0 radical (unpaired) electrons. The molecule has 0 unspecified atom stereocenters. The Morgan fingerprint density at radius 2 is 2.00 bits per heavy atom. The molecule has 24 heavy (non-hydrogen) atoms. The van der Waals surface area contributed by atoms with E-state index in [2.05, 4.69) is 33.4 Å². The zero-order valence-corrected chi connectivity index (χ0v) is 14.3. The van der Waals surface area contributed by atoms with Gasteiger partial charge < -0.3 is 10.4 Å². The summed E-state index contributed by atoms with van der Waals surface area (Å²) in [6.45, 7) is 0. The Kier molecular flexibility index (Phi) is 3.68. The molecular weight excluding hydrogens is 373 g/mol. The molecule has 2 aromatic carbocycles. The van der Waals surface area contributed by atoms with E-state index in [9.17, 15) is 14.3 Å². The summed E-state index contributed by atoms with van der Waals surface area (Å²) in [6, 6.07) is 10.0. The van der Waals surface area contributed by atoms with Crippen molar-refractivity contribution in [1.29, 1.82) is 0 Å². The summed E-state index contributed by atoms with van der Waals surface area (Å²) in [7, 11) is 0. The lowest BCUT2D eigenvalue weighted by atomic mass is 9.76. The van der Waals surface area contributed by atoms with Gasteiger partial charge in [-0.05, 0) is 47.7 Å². The number of aromatic carboxylic acids is 1. The van der Waals surface area contributed by atoms with Crippen LogP contribution in [0.1, 0.15) is 39.9 Å². The topological polar surface area (TPSA) is 49.3 Å². The van der Waals surface area contributed by atoms with E-state index in [0.29, 0.717) is 11.6 Å². The molecule has 2 aliphatic rings. The van der Waals surface area contributed by atoms with Crippen molar-refractivity contribution in [3.8, 4) is 0 Å². The van der Waals surface area contributed by atoms with Crippen molar-refractivity contribution in [3.05, 3.63) is 75.5 Å². The SMILES string of the molecule is O=C(O)c1cc(Br)cc2c1N[C@H](c1ccc(F)cc1)[C@H]1CC=C[C@@H]21. The molecule has 0 fully saturated rings. The van der Waals surface area contributed by atoms with Crippen LogP contribution in [0.25, 0.3) is 0 Å². The summed E-state index contributed by atoms with van der Waals surface area (Å²) in [4.78, 5) is 11.7. The number of anilines is 1. The molecule has 0 saturated carbocycles. The first kappa shape index (κ1) is 15.4. The number of hydrogen-bond donors (Lipinski definition) is 2. The van der Waals surface area contributed by atoms with Gasteiger partial charge in [0.2, 0.25) is 0 Å². The maximum atomic E-state index is 13.3. The molecule has 122 valence electrons. The van der Waals surface area contributed by atoms with Gasteiger partial charge >= 0.3 is 5.97 Å². The molecule has 0 spiro atoms. The number of fused-ring (bicyclic) bond motifs is 3. The molecular formula is C19H15BrFNO2. The van der Waals surface area contributed by atoms with Gasteiger partial charge in [0.1, 0.15) is 5.82 Å². The lowest BCUT2D eigenvalue weighted by molar-refractivity contribution is 0.0697. The number of hydrogen-bond acceptors (Lipinski definition) is 2. The molecule has 2 aromatic rings. The molecule has 0 saturated heterocycles. The molecule has 4 rings (SSSR count). The van der Waals surface area contributed by atoms with Gasteiger partial charge in [-0.25, -0.2) is 9.18 Å². The lowest BCUT2D eigenvalue weighted by Crippen LogP contribution is -2.30. The second kappa shape index (κ2) is 5.74. The van der Waals surface area contributed by atoms with Crippen LogP contribution in [0.4, 0.5) is 10.1 Å². The number of benzene rings is 2. The number of carboxylic acid groups (broad SMARTS) is 1. The van der Waals surface area contributed by atoms with E-state index in [0.717, 1.165) is 22.0 Å². The van der Waals surface area contributed by atoms with Crippen LogP contribution < -0.4 is 5.32 Å². The molecule has 0 amide bonds. The van der Waals surface area contributed by atoms with Crippen LogP contribution in [-0.4, -0.2) is 11.1 Å². The second-order valence-corrected chi connectivity index (χ2v) is 7.17. The number of allylic oxidation sites excluding steroid dienone is 2. The highest BCUT2D eigenvalue weighted by atomic mass is 79.9. The first-order valence-corrected chi connectivity index (χ1v) is 8.59. The number of nitrogens with one attached hydrogen (secondary N) is 1. The van der Waals surface area contributed by atoms with E-state index < -0.39 is 5.97 Å². The number of carboxylic acids is 1. The van der Waals surface area contributed by atoms with Gasteiger partial charge in [0.05, 0.1) is 17.3 Å². The van der Waals surface area contributed by atoms with Gasteiger partial charge in [0, 0.05) is 10.4 Å². The fourth-order valence-corrected chi connectivity index (χ4v) is 4.31. The van der Waals surface area contributed by atoms with Crippen molar-refractivity contribution in [3.63, 3.8) is 0 Å². The molecule has 1 aliphatic carbocycles. The van der Waals surface area contributed by atoms with Crippen molar-refractivity contribution >= 4 is 27.6 Å². The smallest absolute Gasteiger partial charge is 0.337 e. The van der Waals surface area contributed by atoms with Crippen LogP contribution in [0.3, 0.4) is 0 Å². The number of halogens is 2. The van der Waals surface area contributed by atoms with Crippen molar-refractivity contribution in [2.24, 2.45) is 5.92 Å². The fraction of sp³-hybridized carbons (Fsp3) is 0.211. The molecule has 3 nitrogen and oxygen atoms in total. The Bertz CT molecular complexity index is 847. The third-order valence-electron chi connectivity index (χ3n) is 4.89. The van der Waals surface area contributed by atoms with E-state index in [1.165, 1.54) is 12.1 Å². The van der Waals surface area contributed by atoms with Crippen LogP contribution in [0.2, 0.25) is 0 Å². The van der Waals surface area contributed by atoms with Crippen molar-refractivity contribution < 1.29 is 14.3 Å². The van der Waals surface area contributed by atoms with E-state index in [4.69, 9.17) is 0 Å². The Balaban J connectivity index is 1.86. The van der Waals surface area contributed by atoms with Crippen LogP contribution in [-0.2, 0) is 0 Å². The molecule has 1 aliphatic heterocycles. The van der Waals surface area contributed by atoms with Gasteiger partial charge in [0.15, 0.2) is 0 Å². The predicted molar refractivity (Wildman–Crippen MR) is 93.9 cm³/mol. The zero-order valence-electron chi connectivity index (χ0n) is 12.7. The van der Waals surface area contributed by atoms with Gasteiger partial charge in [-0.3, -0.25) is 0 Å². The number of rotatable bonds is 2. The second-order valence-electron chi connectivity index (χ2n) is 6.25. The molecule has 0 bridgehead atoms. The molecule has 2 N–H and O–H groups in total. The van der Waals surface area contributed by atoms with E-state index in [-0.39, 0.29) is 23.3 Å². The van der Waals surface area contributed by atoms with Gasteiger partial charge in [-0.1, -0.05) is 40.2 Å². The van der Waals surface area contributed by atoms with E-state index in [1.807, 2.05) is 6.07 Å². The average molecular weight is 388 g/mol. The largest absolute Gasteiger partial charge is 0.478 e. The minimum absolute atomic E-state index is 0.0441. The Labute approximate surface area is 147 Å². The normalized spacial score (nSPS) is 24.2. The Morgan fingerprint density at radius 3 is 2.71 bits per heavy atom. The summed E-state index contributed by atoms with van der Waals surface area (Å²) in [5.41, 5.74) is 2.89. The quantitative estimate of drug-likeness (QED) is 0.703. The van der Waals surface area contributed by atoms with Gasteiger partial charge in [0.25, 0.3) is 0 Å². The van der Waals surface area contributed by atoms with Crippen molar-refractivity contribution in [2.75, 3.05) is 5.32 Å². The van der Waals surface area contributed by atoms with Gasteiger partial charge in [-0.15, -0.1) is 0 Å². The minimum atomic E-state index is -0.960. The van der Waals surface area contributed by atoms with Crippen molar-refractivity contribution in [1.82, 2.24) is 0 Å². The van der Waals surface area contributed by atoms with Crippen LogP contribution in [0, 0.1) is 11.7 Å².